The first-order valence-electron chi connectivity index (χ1n) is 6.31. The number of nitrogens with one attached hydrogen (secondary N) is 1. The molecule has 2 aromatic heterocycles. The average Bonchev–Trinajstić information content (AvgIpc) is 2.94. The molecule has 2 aromatic rings. The standard InChI is InChI=1S/C13H20N4S/c1-3-8-17-13(12(14)10(2)16-17)15-7-6-11-5-4-9-18-11/h4-5,9,15H,3,6-8,14H2,1-2H3. The first-order valence-corrected chi connectivity index (χ1v) is 7.19. The van der Waals surface area contributed by atoms with Crippen LogP contribution in [0.4, 0.5) is 11.5 Å². The lowest BCUT2D eigenvalue weighted by Gasteiger charge is -2.09. The molecule has 2 heterocycles. The van der Waals surface area contributed by atoms with Gasteiger partial charge in [-0.25, -0.2) is 4.68 Å². The van der Waals surface area contributed by atoms with Gasteiger partial charge in [-0.1, -0.05) is 13.0 Å². The van der Waals surface area contributed by atoms with E-state index in [1.165, 1.54) is 4.88 Å². The Balaban J connectivity index is 1.99. The summed E-state index contributed by atoms with van der Waals surface area (Å²) in [5.41, 5.74) is 7.73. The molecule has 0 aliphatic rings. The number of hydrogen-bond donors (Lipinski definition) is 2. The van der Waals surface area contributed by atoms with E-state index >= 15 is 0 Å². The number of anilines is 2. The summed E-state index contributed by atoms with van der Waals surface area (Å²) < 4.78 is 1.97. The number of nitrogens with zero attached hydrogens (tertiary/aromatic N) is 2. The topological polar surface area (TPSA) is 55.9 Å². The molecule has 0 radical (unpaired) electrons. The van der Waals surface area contributed by atoms with Gasteiger partial charge in [-0.05, 0) is 31.2 Å². The molecule has 0 amide bonds. The zero-order valence-electron chi connectivity index (χ0n) is 10.9. The smallest absolute Gasteiger partial charge is 0.148 e. The van der Waals surface area contributed by atoms with Crippen LogP contribution in [0.15, 0.2) is 17.5 Å². The largest absolute Gasteiger partial charge is 0.394 e. The van der Waals surface area contributed by atoms with Crippen LogP contribution in [0.25, 0.3) is 0 Å². The molecule has 0 aliphatic carbocycles. The number of aromatic nitrogens is 2. The Morgan fingerprint density at radius 2 is 2.33 bits per heavy atom. The van der Waals surface area contributed by atoms with Gasteiger partial charge in [0.2, 0.25) is 0 Å². The monoisotopic (exact) mass is 264 g/mol. The maximum atomic E-state index is 6.05. The summed E-state index contributed by atoms with van der Waals surface area (Å²) in [6, 6.07) is 4.24. The molecule has 18 heavy (non-hydrogen) atoms. The van der Waals surface area contributed by atoms with E-state index in [1.807, 2.05) is 11.6 Å². The van der Waals surface area contributed by atoms with Gasteiger partial charge in [0.15, 0.2) is 0 Å². The Labute approximate surface area is 112 Å². The molecule has 3 N–H and O–H groups in total. The molecule has 0 atom stereocenters. The van der Waals surface area contributed by atoms with E-state index in [0.717, 1.165) is 43.1 Å². The third-order valence-corrected chi connectivity index (χ3v) is 3.79. The third kappa shape index (κ3) is 2.85. The van der Waals surface area contributed by atoms with Crippen molar-refractivity contribution in [2.24, 2.45) is 0 Å². The van der Waals surface area contributed by atoms with Crippen LogP contribution < -0.4 is 11.1 Å². The van der Waals surface area contributed by atoms with Crippen LogP contribution in [-0.2, 0) is 13.0 Å². The summed E-state index contributed by atoms with van der Waals surface area (Å²) >= 11 is 1.79. The predicted octanol–water partition coefficient (Wildman–Crippen LogP) is 2.90. The molecule has 0 spiro atoms. The highest BCUT2D eigenvalue weighted by Gasteiger charge is 2.11. The zero-order chi connectivity index (χ0) is 13.0. The van der Waals surface area contributed by atoms with Crippen LogP contribution in [-0.4, -0.2) is 16.3 Å². The van der Waals surface area contributed by atoms with Gasteiger partial charge in [-0.2, -0.15) is 5.10 Å². The normalized spacial score (nSPS) is 10.8. The second-order valence-corrected chi connectivity index (χ2v) is 5.36. The molecule has 2 rings (SSSR count). The van der Waals surface area contributed by atoms with Gasteiger partial charge in [-0.3, -0.25) is 0 Å². The highest BCUT2D eigenvalue weighted by atomic mass is 32.1. The zero-order valence-corrected chi connectivity index (χ0v) is 11.8. The second-order valence-electron chi connectivity index (χ2n) is 4.33. The summed E-state index contributed by atoms with van der Waals surface area (Å²) in [7, 11) is 0. The average molecular weight is 264 g/mol. The molecule has 0 unspecified atom stereocenters. The van der Waals surface area contributed by atoms with Crippen molar-refractivity contribution in [2.45, 2.75) is 33.2 Å². The van der Waals surface area contributed by atoms with E-state index in [2.05, 4.69) is 34.9 Å². The van der Waals surface area contributed by atoms with Crippen molar-refractivity contribution in [1.82, 2.24) is 9.78 Å². The van der Waals surface area contributed by atoms with Gasteiger partial charge in [0, 0.05) is 18.0 Å². The second kappa shape index (κ2) is 5.91. The molecular weight excluding hydrogens is 244 g/mol. The van der Waals surface area contributed by atoms with Gasteiger partial charge in [0.25, 0.3) is 0 Å². The molecule has 0 aliphatic heterocycles. The fourth-order valence-electron chi connectivity index (χ4n) is 1.91. The number of hydrogen-bond acceptors (Lipinski definition) is 4. The summed E-state index contributed by atoms with van der Waals surface area (Å²) in [4.78, 5) is 1.39. The van der Waals surface area contributed by atoms with Gasteiger partial charge in [0.05, 0.1) is 11.4 Å². The number of nitrogen functional groups attached to an aromatic ring is 1. The maximum absolute atomic E-state index is 6.05. The molecule has 0 aromatic carbocycles. The third-order valence-electron chi connectivity index (χ3n) is 2.85. The van der Waals surface area contributed by atoms with Crippen molar-refractivity contribution in [3.05, 3.63) is 28.1 Å². The fraction of sp³-hybridized carbons (Fsp3) is 0.462. The van der Waals surface area contributed by atoms with Crippen molar-refractivity contribution >= 4 is 22.8 Å². The number of aryl methyl sites for hydroxylation is 2. The summed E-state index contributed by atoms with van der Waals surface area (Å²) in [6.07, 6.45) is 2.08. The van der Waals surface area contributed by atoms with Crippen LogP contribution in [0.5, 0.6) is 0 Å². The number of rotatable bonds is 6. The van der Waals surface area contributed by atoms with Gasteiger partial charge in [-0.15, -0.1) is 11.3 Å². The first-order chi connectivity index (χ1) is 8.72. The highest BCUT2D eigenvalue weighted by Crippen LogP contribution is 2.22. The Morgan fingerprint density at radius 1 is 1.50 bits per heavy atom. The lowest BCUT2D eigenvalue weighted by molar-refractivity contribution is 0.603. The van der Waals surface area contributed by atoms with Crippen LogP contribution in [0, 0.1) is 6.92 Å². The summed E-state index contributed by atoms with van der Waals surface area (Å²) in [5, 5.41) is 9.96. The molecule has 0 saturated heterocycles. The molecule has 0 fully saturated rings. The van der Waals surface area contributed by atoms with Crippen LogP contribution >= 0.6 is 11.3 Å². The molecule has 5 heteroatoms. The van der Waals surface area contributed by atoms with Crippen molar-refractivity contribution in [2.75, 3.05) is 17.6 Å². The van der Waals surface area contributed by atoms with Gasteiger partial charge in [0.1, 0.15) is 5.82 Å². The van der Waals surface area contributed by atoms with Crippen molar-refractivity contribution in [3.8, 4) is 0 Å². The van der Waals surface area contributed by atoms with Crippen molar-refractivity contribution < 1.29 is 0 Å². The summed E-state index contributed by atoms with van der Waals surface area (Å²) in [5.74, 6) is 0.964. The maximum Gasteiger partial charge on any atom is 0.148 e. The number of thiophene rings is 1. The molecular formula is C13H20N4S. The van der Waals surface area contributed by atoms with Gasteiger partial charge < -0.3 is 11.1 Å². The molecule has 0 saturated carbocycles. The SMILES string of the molecule is CCCn1nc(C)c(N)c1NCCc1cccs1. The molecule has 4 nitrogen and oxygen atoms in total. The van der Waals surface area contributed by atoms with Crippen LogP contribution in [0.3, 0.4) is 0 Å². The molecule has 0 bridgehead atoms. The minimum Gasteiger partial charge on any atom is -0.394 e. The van der Waals surface area contributed by atoms with Crippen LogP contribution in [0.2, 0.25) is 0 Å². The van der Waals surface area contributed by atoms with E-state index < -0.39 is 0 Å². The van der Waals surface area contributed by atoms with Crippen molar-refractivity contribution in [1.29, 1.82) is 0 Å². The van der Waals surface area contributed by atoms with E-state index in [9.17, 15) is 0 Å². The van der Waals surface area contributed by atoms with E-state index in [0.29, 0.717) is 0 Å². The lowest BCUT2D eigenvalue weighted by Crippen LogP contribution is -2.11. The number of nitrogens with two attached hydrogens (primary N) is 1. The Hall–Kier alpha value is -1.49. The van der Waals surface area contributed by atoms with E-state index in [1.54, 1.807) is 11.3 Å². The lowest BCUT2D eigenvalue weighted by atomic mass is 10.3. The van der Waals surface area contributed by atoms with Crippen molar-refractivity contribution in [3.63, 3.8) is 0 Å². The van der Waals surface area contributed by atoms with Crippen LogP contribution in [0.1, 0.15) is 23.9 Å². The van der Waals surface area contributed by atoms with E-state index in [-0.39, 0.29) is 0 Å². The van der Waals surface area contributed by atoms with E-state index in [4.69, 9.17) is 5.73 Å². The highest BCUT2D eigenvalue weighted by molar-refractivity contribution is 7.09. The molecule has 98 valence electrons. The Morgan fingerprint density at radius 3 is 3.00 bits per heavy atom. The Bertz CT molecular complexity index is 487. The predicted molar refractivity (Wildman–Crippen MR) is 78.2 cm³/mol. The van der Waals surface area contributed by atoms with Gasteiger partial charge >= 0.3 is 0 Å². The quantitative estimate of drug-likeness (QED) is 0.843. The Kier molecular flexibility index (Phi) is 4.25. The minimum atomic E-state index is 0.773. The first kappa shape index (κ1) is 13.0. The summed E-state index contributed by atoms with van der Waals surface area (Å²) in [6.45, 7) is 5.88. The minimum absolute atomic E-state index is 0.773. The fourth-order valence-corrected chi connectivity index (χ4v) is 2.62.